The van der Waals surface area contributed by atoms with Gasteiger partial charge in [-0.05, 0) is 24.3 Å². The Hall–Kier alpha value is -2.11. The summed E-state index contributed by atoms with van der Waals surface area (Å²) in [4.78, 5) is 21.8. The Bertz CT molecular complexity index is 522. The molecule has 1 aromatic rings. The molecule has 1 aliphatic carbocycles. The van der Waals surface area contributed by atoms with Crippen LogP contribution in [0, 0.1) is 15.5 Å². The minimum atomic E-state index is -1.16. The zero-order chi connectivity index (χ0) is 14.9. The van der Waals surface area contributed by atoms with Crippen LogP contribution in [0.3, 0.4) is 0 Å². The maximum absolute atomic E-state index is 11.3. The van der Waals surface area contributed by atoms with Crippen molar-refractivity contribution in [3.63, 3.8) is 0 Å². The van der Waals surface area contributed by atoms with E-state index in [4.69, 9.17) is 0 Å². The lowest BCUT2D eigenvalue weighted by Crippen LogP contribution is -2.31. The summed E-state index contributed by atoms with van der Waals surface area (Å²) in [5, 5.41) is 23.4. The minimum absolute atomic E-state index is 0.000513. The Labute approximate surface area is 117 Å². The molecule has 1 fully saturated rings. The number of nitro benzene ring substituents is 1. The monoisotopic (exact) mass is 278 g/mol. The minimum Gasteiger partial charge on any atom is -0.478 e. The molecule has 108 valence electrons. The molecule has 0 saturated heterocycles. The van der Waals surface area contributed by atoms with Crippen LogP contribution in [0.25, 0.3) is 0 Å². The number of hydrogen-bond acceptors (Lipinski definition) is 4. The van der Waals surface area contributed by atoms with Crippen molar-refractivity contribution >= 4 is 17.3 Å². The van der Waals surface area contributed by atoms with Gasteiger partial charge < -0.3 is 10.4 Å². The smallest absolute Gasteiger partial charge is 0.338 e. The number of hydrogen-bond donors (Lipinski definition) is 2. The Morgan fingerprint density at radius 2 is 2.20 bits per heavy atom. The third-order valence-corrected chi connectivity index (χ3v) is 4.05. The van der Waals surface area contributed by atoms with Crippen LogP contribution >= 0.6 is 0 Å². The average molecular weight is 278 g/mol. The number of aromatic carboxylic acids is 1. The number of benzene rings is 1. The molecule has 0 aromatic heterocycles. The van der Waals surface area contributed by atoms with Crippen molar-refractivity contribution in [1.29, 1.82) is 0 Å². The van der Waals surface area contributed by atoms with E-state index in [9.17, 15) is 20.0 Å². The maximum Gasteiger partial charge on any atom is 0.338 e. The second-order valence-corrected chi connectivity index (χ2v) is 5.84. The molecule has 6 heteroatoms. The van der Waals surface area contributed by atoms with Gasteiger partial charge in [0.2, 0.25) is 0 Å². The zero-order valence-electron chi connectivity index (χ0n) is 11.5. The van der Waals surface area contributed by atoms with Gasteiger partial charge in [-0.3, -0.25) is 10.1 Å². The predicted octanol–water partition coefficient (Wildman–Crippen LogP) is 3.28. The highest BCUT2D eigenvalue weighted by Crippen LogP contribution is 2.41. The van der Waals surface area contributed by atoms with Gasteiger partial charge >= 0.3 is 5.97 Å². The fraction of sp³-hybridized carbons (Fsp3) is 0.500. The van der Waals surface area contributed by atoms with Crippen molar-refractivity contribution < 1.29 is 14.8 Å². The van der Waals surface area contributed by atoms with Crippen molar-refractivity contribution in [3.05, 3.63) is 33.9 Å². The van der Waals surface area contributed by atoms with E-state index in [0.29, 0.717) is 0 Å². The van der Waals surface area contributed by atoms with E-state index in [-0.39, 0.29) is 28.4 Å². The van der Waals surface area contributed by atoms with E-state index in [2.05, 4.69) is 19.2 Å². The second-order valence-electron chi connectivity index (χ2n) is 5.84. The molecule has 1 unspecified atom stereocenters. The highest BCUT2D eigenvalue weighted by molar-refractivity contribution is 5.96. The van der Waals surface area contributed by atoms with Crippen LogP contribution in [0.15, 0.2) is 18.2 Å². The summed E-state index contributed by atoms with van der Waals surface area (Å²) in [5.74, 6) is -1.16. The van der Waals surface area contributed by atoms with Gasteiger partial charge in [0.1, 0.15) is 5.69 Å². The molecule has 1 atom stereocenters. The van der Waals surface area contributed by atoms with Gasteiger partial charge in [0, 0.05) is 12.1 Å². The summed E-state index contributed by atoms with van der Waals surface area (Å²) >= 11 is 0. The molecule has 2 N–H and O–H groups in total. The number of anilines is 1. The lowest BCUT2D eigenvalue weighted by molar-refractivity contribution is -0.384. The van der Waals surface area contributed by atoms with Crippen LogP contribution in [0.5, 0.6) is 0 Å². The first-order valence-electron chi connectivity index (χ1n) is 6.60. The van der Waals surface area contributed by atoms with Crippen LogP contribution in [-0.4, -0.2) is 22.0 Å². The molecule has 1 saturated carbocycles. The fourth-order valence-corrected chi connectivity index (χ4v) is 2.79. The number of nitro groups is 1. The highest BCUT2D eigenvalue weighted by Gasteiger charge is 2.36. The molecular weight excluding hydrogens is 260 g/mol. The molecule has 2 rings (SSSR count). The third kappa shape index (κ3) is 2.59. The molecule has 0 bridgehead atoms. The number of carboxylic acid groups (broad SMARTS) is 1. The lowest BCUT2D eigenvalue weighted by Gasteiger charge is -2.29. The van der Waals surface area contributed by atoms with Gasteiger partial charge in [-0.15, -0.1) is 0 Å². The van der Waals surface area contributed by atoms with Crippen LogP contribution in [-0.2, 0) is 0 Å². The van der Waals surface area contributed by atoms with E-state index in [1.165, 1.54) is 18.2 Å². The summed E-state index contributed by atoms with van der Waals surface area (Å²) in [6.07, 6.45) is 2.94. The molecule has 0 radical (unpaired) electrons. The average Bonchev–Trinajstić information content (AvgIpc) is 2.68. The third-order valence-electron chi connectivity index (χ3n) is 4.05. The highest BCUT2D eigenvalue weighted by atomic mass is 16.6. The van der Waals surface area contributed by atoms with Crippen LogP contribution in [0.1, 0.15) is 43.5 Å². The van der Waals surface area contributed by atoms with Gasteiger partial charge in [0.05, 0.1) is 10.5 Å². The molecule has 0 amide bonds. The molecule has 0 spiro atoms. The Balaban J connectivity index is 2.43. The quantitative estimate of drug-likeness (QED) is 0.651. The Morgan fingerprint density at radius 3 is 2.70 bits per heavy atom. The van der Waals surface area contributed by atoms with Gasteiger partial charge in [0.25, 0.3) is 5.69 Å². The van der Waals surface area contributed by atoms with E-state index in [1.54, 1.807) is 0 Å². The molecule has 1 aromatic carbocycles. The standard InChI is InChI=1S/C14H18N2O4/c1-14(2)8-4-7-11(14)15-12-9(13(17)18)5-3-6-10(12)16(19)20/h3,5-6,11,15H,4,7-8H2,1-2H3,(H,17,18). The number of nitrogens with one attached hydrogen (secondary N) is 1. The number of rotatable bonds is 4. The summed E-state index contributed by atoms with van der Waals surface area (Å²) in [5.41, 5.74) is -0.126. The molecule has 20 heavy (non-hydrogen) atoms. The summed E-state index contributed by atoms with van der Waals surface area (Å²) in [6.45, 7) is 4.18. The number of para-hydroxylation sites is 1. The Kier molecular flexibility index (Phi) is 3.65. The van der Waals surface area contributed by atoms with Crippen molar-refractivity contribution in [2.24, 2.45) is 5.41 Å². The largest absolute Gasteiger partial charge is 0.478 e. The SMILES string of the molecule is CC1(C)CCCC1Nc1c(C(=O)O)cccc1[N+](=O)[O-]. The zero-order valence-corrected chi connectivity index (χ0v) is 11.5. The number of carbonyl (C=O) groups is 1. The van der Waals surface area contributed by atoms with Gasteiger partial charge in [-0.2, -0.15) is 0 Å². The molecule has 1 aliphatic rings. The number of nitrogens with zero attached hydrogens (tertiary/aromatic N) is 1. The van der Waals surface area contributed by atoms with Crippen molar-refractivity contribution in [2.75, 3.05) is 5.32 Å². The first-order valence-corrected chi connectivity index (χ1v) is 6.60. The van der Waals surface area contributed by atoms with Crippen LogP contribution in [0.2, 0.25) is 0 Å². The molecule has 6 nitrogen and oxygen atoms in total. The summed E-state index contributed by atoms with van der Waals surface area (Å²) < 4.78 is 0. The molecular formula is C14H18N2O4. The van der Waals surface area contributed by atoms with E-state index in [1.807, 2.05) is 0 Å². The van der Waals surface area contributed by atoms with E-state index >= 15 is 0 Å². The van der Waals surface area contributed by atoms with E-state index in [0.717, 1.165) is 19.3 Å². The summed E-state index contributed by atoms with van der Waals surface area (Å²) in [7, 11) is 0. The normalized spacial score (nSPS) is 20.6. The number of carboxylic acids is 1. The van der Waals surface area contributed by atoms with Crippen molar-refractivity contribution in [3.8, 4) is 0 Å². The molecule has 0 heterocycles. The van der Waals surface area contributed by atoms with Crippen molar-refractivity contribution in [1.82, 2.24) is 0 Å². The maximum atomic E-state index is 11.3. The topological polar surface area (TPSA) is 92.5 Å². The predicted molar refractivity (Wildman–Crippen MR) is 75.1 cm³/mol. The van der Waals surface area contributed by atoms with Crippen molar-refractivity contribution in [2.45, 2.75) is 39.2 Å². The summed E-state index contributed by atoms with van der Waals surface area (Å²) in [6, 6.07) is 4.16. The molecule has 0 aliphatic heterocycles. The first-order chi connectivity index (χ1) is 9.33. The van der Waals surface area contributed by atoms with Gasteiger partial charge in [0.15, 0.2) is 0 Å². The lowest BCUT2D eigenvalue weighted by atomic mass is 9.87. The second kappa shape index (κ2) is 5.11. The van der Waals surface area contributed by atoms with Gasteiger partial charge in [-0.1, -0.05) is 26.3 Å². The van der Waals surface area contributed by atoms with Crippen LogP contribution < -0.4 is 5.32 Å². The van der Waals surface area contributed by atoms with Gasteiger partial charge in [-0.25, -0.2) is 4.79 Å². The van der Waals surface area contributed by atoms with Crippen LogP contribution in [0.4, 0.5) is 11.4 Å². The fourth-order valence-electron chi connectivity index (χ4n) is 2.79. The Morgan fingerprint density at radius 1 is 1.50 bits per heavy atom. The first kappa shape index (κ1) is 14.3. The van der Waals surface area contributed by atoms with E-state index < -0.39 is 10.9 Å².